The number of Topliss-reactive ketones (excluding diaryl/α,β-unsaturated/α-hetero) is 1. The van der Waals surface area contributed by atoms with E-state index in [4.69, 9.17) is 4.42 Å². The van der Waals surface area contributed by atoms with Gasteiger partial charge in [0, 0.05) is 24.2 Å². The fourth-order valence-electron chi connectivity index (χ4n) is 3.45. The topological polar surface area (TPSA) is 93.4 Å². The van der Waals surface area contributed by atoms with Gasteiger partial charge in [-0.15, -0.1) is 10.2 Å². The fraction of sp³-hybridized carbons (Fsp3) is 0.318. The first kappa shape index (κ1) is 22.6. The minimum Gasteiger partial charge on any atom is -0.411 e. The summed E-state index contributed by atoms with van der Waals surface area (Å²) in [6.07, 6.45) is 3.80. The summed E-state index contributed by atoms with van der Waals surface area (Å²) in [6.45, 7) is 1.05. The lowest BCUT2D eigenvalue weighted by atomic mass is 10.1. The zero-order valence-corrected chi connectivity index (χ0v) is 18.9. The van der Waals surface area contributed by atoms with Gasteiger partial charge in [0.25, 0.3) is 5.22 Å². The van der Waals surface area contributed by atoms with Crippen LogP contribution in [0.3, 0.4) is 0 Å². The Hall–Kier alpha value is -2.56. The van der Waals surface area contributed by atoms with Crippen molar-refractivity contribution in [1.29, 1.82) is 0 Å². The molecule has 2 aromatic carbocycles. The number of carbonyl (C=O) groups is 1. The Morgan fingerprint density at radius 3 is 2.47 bits per heavy atom. The molecule has 10 heteroatoms. The third kappa shape index (κ3) is 5.25. The molecule has 32 heavy (non-hydrogen) atoms. The van der Waals surface area contributed by atoms with Gasteiger partial charge < -0.3 is 4.42 Å². The first-order valence-corrected chi connectivity index (χ1v) is 12.7. The van der Waals surface area contributed by atoms with E-state index in [1.807, 2.05) is 0 Å². The van der Waals surface area contributed by atoms with Gasteiger partial charge in [0.1, 0.15) is 5.82 Å². The van der Waals surface area contributed by atoms with E-state index in [-0.39, 0.29) is 27.5 Å². The van der Waals surface area contributed by atoms with E-state index in [0.29, 0.717) is 24.2 Å². The Morgan fingerprint density at radius 2 is 1.75 bits per heavy atom. The number of halogens is 1. The third-order valence-corrected chi connectivity index (χ3v) is 7.90. The van der Waals surface area contributed by atoms with Gasteiger partial charge in [-0.25, -0.2) is 12.8 Å². The predicted molar refractivity (Wildman–Crippen MR) is 118 cm³/mol. The molecule has 0 N–H and O–H groups in total. The van der Waals surface area contributed by atoms with Crippen molar-refractivity contribution in [3.63, 3.8) is 0 Å². The highest BCUT2D eigenvalue weighted by atomic mass is 32.2. The van der Waals surface area contributed by atoms with Gasteiger partial charge in [-0.05, 0) is 55.3 Å². The molecule has 0 aliphatic carbocycles. The number of carbonyl (C=O) groups excluding carboxylic acids is 1. The highest BCUT2D eigenvalue weighted by Crippen LogP contribution is 2.27. The van der Waals surface area contributed by atoms with E-state index in [1.54, 1.807) is 18.2 Å². The average Bonchev–Trinajstić information content (AvgIpc) is 3.10. The van der Waals surface area contributed by atoms with Crippen LogP contribution < -0.4 is 0 Å². The molecule has 0 amide bonds. The van der Waals surface area contributed by atoms with Crippen LogP contribution in [0.4, 0.5) is 4.39 Å². The Morgan fingerprint density at radius 1 is 1.03 bits per heavy atom. The molecular weight excluding hydrogens is 453 g/mol. The molecule has 168 valence electrons. The Balaban J connectivity index is 1.46. The van der Waals surface area contributed by atoms with Crippen molar-refractivity contribution in [2.24, 2.45) is 0 Å². The molecular formula is C22H22FN3O4S2. The van der Waals surface area contributed by atoms with Crippen LogP contribution in [0.5, 0.6) is 0 Å². The lowest BCUT2D eigenvalue weighted by molar-refractivity contribution is 0.102. The van der Waals surface area contributed by atoms with Gasteiger partial charge in [0.15, 0.2) is 5.78 Å². The van der Waals surface area contributed by atoms with Crippen LogP contribution in [-0.2, 0) is 10.0 Å². The van der Waals surface area contributed by atoms with Crippen LogP contribution in [0.25, 0.3) is 11.5 Å². The number of hydrogen-bond acceptors (Lipinski definition) is 7. The molecule has 3 aromatic rings. The molecule has 0 radical (unpaired) electrons. The summed E-state index contributed by atoms with van der Waals surface area (Å²) in [7, 11) is -3.60. The van der Waals surface area contributed by atoms with E-state index in [2.05, 4.69) is 10.2 Å². The molecule has 1 aliphatic rings. The van der Waals surface area contributed by atoms with Gasteiger partial charge in [0.2, 0.25) is 15.9 Å². The molecule has 1 aromatic heterocycles. The molecule has 0 spiro atoms. The van der Waals surface area contributed by atoms with E-state index in [9.17, 15) is 17.6 Å². The summed E-state index contributed by atoms with van der Waals surface area (Å²) >= 11 is 1.07. The summed E-state index contributed by atoms with van der Waals surface area (Å²) in [5.74, 6) is -0.373. The number of thioether (sulfide) groups is 1. The number of hydrogen-bond donors (Lipinski definition) is 0. The van der Waals surface area contributed by atoms with Gasteiger partial charge in [0.05, 0.1) is 10.6 Å². The monoisotopic (exact) mass is 475 g/mol. The van der Waals surface area contributed by atoms with Gasteiger partial charge in [-0.1, -0.05) is 30.7 Å². The summed E-state index contributed by atoms with van der Waals surface area (Å²) < 4.78 is 46.3. The zero-order valence-electron chi connectivity index (χ0n) is 17.2. The molecule has 0 bridgehead atoms. The van der Waals surface area contributed by atoms with Crippen molar-refractivity contribution in [2.75, 3.05) is 18.8 Å². The minimum atomic E-state index is -3.60. The molecule has 0 unspecified atom stereocenters. The third-order valence-electron chi connectivity index (χ3n) is 5.18. The van der Waals surface area contributed by atoms with E-state index in [1.165, 1.54) is 34.6 Å². The van der Waals surface area contributed by atoms with Crippen LogP contribution in [0.15, 0.2) is 63.1 Å². The largest absolute Gasteiger partial charge is 0.411 e. The quantitative estimate of drug-likeness (QED) is 0.369. The van der Waals surface area contributed by atoms with Gasteiger partial charge in [-0.3, -0.25) is 4.79 Å². The highest BCUT2D eigenvalue weighted by molar-refractivity contribution is 7.99. The smallest absolute Gasteiger partial charge is 0.277 e. The van der Waals surface area contributed by atoms with Crippen molar-refractivity contribution in [2.45, 2.75) is 35.8 Å². The van der Waals surface area contributed by atoms with Crippen molar-refractivity contribution < 1.29 is 22.0 Å². The summed E-state index contributed by atoms with van der Waals surface area (Å²) in [6, 6.07) is 11.8. The van der Waals surface area contributed by atoms with E-state index in [0.717, 1.165) is 37.4 Å². The number of benzene rings is 2. The summed E-state index contributed by atoms with van der Waals surface area (Å²) in [5.41, 5.74) is 0.884. The van der Waals surface area contributed by atoms with Crippen molar-refractivity contribution >= 4 is 27.6 Å². The normalized spacial score (nSPS) is 15.4. The maximum atomic E-state index is 13.1. The Kier molecular flexibility index (Phi) is 7.02. The van der Waals surface area contributed by atoms with Crippen LogP contribution in [0.1, 0.15) is 36.0 Å². The first-order chi connectivity index (χ1) is 15.4. The molecule has 7 nitrogen and oxygen atoms in total. The zero-order chi connectivity index (χ0) is 22.6. The maximum Gasteiger partial charge on any atom is 0.277 e. The van der Waals surface area contributed by atoms with Crippen LogP contribution >= 0.6 is 11.8 Å². The van der Waals surface area contributed by atoms with Crippen LogP contribution in [0.2, 0.25) is 0 Å². The average molecular weight is 476 g/mol. The molecule has 0 atom stereocenters. The van der Waals surface area contributed by atoms with Crippen molar-refractivity contribution in [1.82, 2.24) is 14.5 Å². The molecule has 1 fully saturated rings. The number of nitrogens with zero attached hydrogens (tertiary/aromatic N) is 3. The Labute approximate surface area is 190 Å². The highest BCUT2D eigenvalue weighted by Gasteiger charge is 2.26. The lowest BCUT2D eigenvalue weighted by Crippen LogP contribution is -2.31. The first-order valence-electron chi connectivity index (χ1n) is 10.3. The van der Waals surface area contributed by atoms with E-state index >= 15 is 0 Å². The maximum absolute atomic E-state index is 13.1. The van der Waals surface area contributed by atoms with Crippen molar-refractivity contribution in [3.05, 3.63) is 59.9 Å². The Bertz CT molecular complexity index is 1190. The molecule has 0 saturated carbocycles. The van der Waals surface area contributed by atoms with Crippen LogP contribution in [0, 0.1) is 5.82 Å². The SMILES string of the molecule is O=C(CSc1nnc(-c2cccc(S(=O)(=O)N3CCCCCC3)c2)o1)c1ccc(F)cc1. The second kappa shape index (κ2) is 9.93. The van der Waals surface area contributed by atoms with Crippen LogP contribution in [-0.4, -0.2) is 47.5 Å². The number of ketones is 1. The molecule has 4 rings (SSSR count). The molecule has 1 aliphatic heterocycles. The number of sulfonamides is 1. The molecule has 1 saturated heterocycles. The number of rotatable bonds is 7. The summed E-state index contributed by atoms with van der Waals surface area (Å²) in [4.78, 5) is 12.4. The summed E-state index contributed by atoms with van der Waals surface area (Å²) in [5, 5.41) is 8.12. The number of aromatic nitrogens is 2. The fourth-order valence-corrected chi connectivity index (χ4v) is 5.67. The van der Waals surface area contributed by atoms with Gasteiger partial charge >= 0.3 is 0 Å². The predicted octanol–water partition coefficient (Wildman–Crippen LogP) is 4.42. The van der Waals surface area contributed by atoms with Gasteiger partial charge in [-0.2, -0.15) is 4.31 Å². The second-order valence-corrected chi connectivity index (χ2v) is 10.3. The second-order valence-electron chi connectivity index (χ2n) is 7.44. The molecule has 2 heterocycles. The van der Waals surface area contributed by atoms with Crippen molar-refractivity contribution in [3.8, 4) is 11.5 Å². The minimum absolute atomic E-state index is 0.0522. The lowest BCUT2D eigenvalue weighted by Gasteiger charge is -2.20. The van der Waals surface area contributed by atoms with E-state index < -0.39 is 15.8 Å². The standard InChI is InChI=1S/C22H22FN3O4S2/c23-18-10-8-16(9-11-18)20(27)15-31-22-25-24-21(30-22)17-6-5-7-19(14-17)32(28,29)26-12-3-1-2-4-13-26/h5-11,14H,1-4,12-13,15H2.